The first-order valence-corrected chi connectivity index (χ1v) is 5.30. The Morgan fingerprint density at radius 1 is 1.47 bits per heavy atom. The van der Waals surface area contributed by atoms with Gasteiger partial charge in [0.2, 0.25) is 0 Å². The van der Waals surface area contributed by atoms with Crippen molar-refractivity contribution in [1.82, 2.24) is 9.97 Å². The molecule has 0 aliphatic carbocycles. The number of aryl methyl sites for hydroxylation is 1. The maximum absolute atomic E-state index is 5.85. The summed E-state index contributed by atoms with van der Waals surface area (Å²) in [6.07, 6.45) is 2.48. The largest absolute Gasteiger partial charge is 0.382 e. The maximum atomic E-state index is 5.85. The van der Waals surface area contributed by atoms with Crippen molar-refractivity contribution in [2.45, 2.75) is 25.9 Å². The first-order valence-electron chi connectivity index (χ1n) is 5.30. The van der Waals surface area contributed by atoms with Crippen LogP contribution in [-0.2, 0) is 4.74 Å². The number of nitrogen functional groups attached to an aromatic ring is 1. The third-order valence-corrected chi connectivity index (χ3v) is 2.90. The van der Waals surface area contributed by atoms with Gasteiger partial charge in [-0.3, -0.25) is 0 Å². The molecule has 3 N–H and O–H groups in total. The third-order valence-electron chi connectivity index (χ3n) is 2.90. The number of rotatable bonds is 2. The van der Waals surface area contributed by atoms with E-state index in [1.165, 1.54) is 0 Å². The van der Waals surface area contributed by atoms with Crippen LogP contribution in [0.1, 0.15) is 18.7 Å². The number of hydrogen-bond donors (Lipinski definition) is 2. The van der Waals surface area contributed by atoms with Crippen LogP contribution in [0.3, 0.4) is 0 Å². The zero-order chi connectivity index (χ0) is 10.8. The van der Waals surface area contributed by atoms with Crippen LogP contribution >= 0.6 is 0 Å². The van der Waals surface area contributed by atoms with Crippen LogP contribution in [0.4, 0.5) is 11.6 Å². The van der Waals surface area contributed by atoms with Gasteiger partial charge in [0.25, 0.3) is 0 Å². The Hall–Kier alpha value is -1.23. The molecule has 0 saturated carbocycles. The number of methoxy groups -OCH3 is 1. The summed E-state index contributed by atoms with van der Waals surface area (Å²) in [5.74, 6) is 2.43. The van der Waals surface area contributed by atoms with Gasteiger partial charge in [-0.2, -0.15) is 0 Å². The van der Waals surface area contributed by atoms with Crippen LogP contribution in [0, 0.1) is 6.92 Å². The number of nitrogens with one attached hydrogen (secondary N) is 1. The van der Waals surface area contributed by atoms with Crippen molar-refractivity contribution < 1.29 is 4.74 Å². The lowest BCUT2D eigenvalue weighted by atomic mass is 10.1. The third kappa shape index (κ3) is 2.07. The van der Waals surface area contributed by atoms with E-state index in [0.717, 1.165) is 37.6 Å². The molecule has 2 rings (SSSR count). The monoisotopic (exact) mass is 210 g/mol. The van der Waals surface area contributed by atoms with Crippen molar-refractivity contribution in [2.24, 2.45) is 0 Å². The van der Waals surface area contributed by atoms with Crippen molar-refractivity contribution >= 4 is 11.6 Å². The first kappa shape index (κ1) is 10.3. The summed E-state index contributed by atoms with van der Waals surface area (Å²) in [6, 6.07) is 0. The normalized spacial score (nSPS) is 18.4. The quantitative estimate of drug-likeness (QED) is 0.761. The number of aromatic amines is 1. The van der Waals surface area contributed by atoms with Crippen molar-refractivity contribution in [3.63, 3.8) is 0 Å². The molecule has 15 heavy (non-hydrogen) atoms. The predicted molar refractivity (Wildman–Crippen MR) is 60.0 cm³/mol. The van der Waals surface area contributed by atoms with E-state index >= 15 is 0 Å². The van der Waals surface area contributed by atoms with Crippen molar-refractivity contribution in [2.75, 3.05) is 30.8 Å². The van der Waals surface area contributed by atoms with E-state index in [4.69, 9.17) is 10.5 Å². The summed E-state index contributed by atoms with van der Waals surface area (Å²) in [4.78, 5) is 9.63. The summed E-state index contributed by atoms with van der Waals surface area (Å²) < 4.78 is 5.32. The van der Waals surface area contributed by atoms with Crippen LogP contribution in [0.25, 0.3) is 0 Å². The minimum Gasteiger partial charge on any atom is -0.382 e. The highest BCUT2D eigenvalue weighted by Gasteiger charge is 2.21. The summed E-state index contributed by atoms with van der Waals surface area (Å²) in [6.45, 7) is 3.85. The Balaban J connectivity index is 2.04. The van der Waals surface area contributed by atoms with E-state index in [-0.39, 0.29) is 0 Å². The molecule has 0 bridgehead atoms. The lowest BCUT2D eigenvalue weighted by molar-refractivity contribution is 0.0818. The molecular formula is C10H18N4O. The average molecular weight is 210 g/mol. The lowest BCUT2D eigenvalue weighted by Gasteiger charge is -2.31. The fourth-order valence-corrected chi connectivity index (χ4v) is 2.04. The number of aromatic nitrogens is 2. The second-order valence-corrected chi connectivity index (χ2v) is 3.98. The fourth-order valence-electron chi connectivity index (χ4n) is 2.04. The molecule has 0 atom stereocenters. The molecular weight excluding hydrogens is 192 g/mol. The van der Waals surface area contributed by atoms with E-state index in [2.05, 4.69) is 14.9 Å². The van der Waals surface area contributed by atoms with Gasteiger partial charge < -0.3 is 20.4 Å². The number of hydrogen-bond acceptors (Lipinski definition) is 4. The van der Waals surface area contributed by atoms with E-state index in [9.17, 15) is 0 Å². The van der Waals surface area contributed by atoms with Crippen LogP contribution in [-0.4, -0.2) is 36.3 Å². The van der Waals surface area contributed by atoms with Gasteiger partial charge in [-0.05, 0) is 19.8 Å². The van der Waals surface area contributed by atoms with E-state index < -0.39 is 0 Å². The standard InChI is InChI=1S/C10H18N4O/c1-7-12-9(11)10(13-7)14-5-3-8(15-2)4-6-14/h8H,3-6,11H2,1-2H3,(H,12,13). The summed E-state index contributed by atoms with van der Waals surface area (Å²) in [5, 5.41) is 0. The Labute approximate surface area is 89.6 Å². The van der Waals surface area contributed by atoms with Crippen molar-refractivity contribution in [3.05, 3.63) is 5.82 Å². The molecule has 0 aromatic carbocycles. The summed E-state index contributed by atoms with van der Waals surface area (Å²) in [5.41, 5.74) is 5.85. The number of anilines is 2. The van der Waals surface area contributed by atoms with Gasteiger partial charge in [-0.15, -0.1) is 0 Å². The summed E-state index contributed by atoms with van der Waals surface area (Å²) >= 11 is 0. The SMILES string of the molecule is COC1CCN(c2nc(C)[nH]c2N)CC1. The van der Waals surface area contributed by atoms with Gasteiger partial charge in [0.05, 0.1) is 6.10 Å². The van der Waals surface area contributed by atoms with Crippen molar-refractivity contribution in [1.29, 1.82) is 0 Å². The number of nitrogens with zero attached hydrogens (tertiary/aromatic N) is 2. The van der Waals surface area contributed by atoms with Gasteiger partial charge >= 0.3 is 0 Å². The average Bonchev–Trinajstić information content (AvgIpc) is 2.58. The van der Waals surface area contributed by atoms with Gasteiger partial charge in [-0.25, -0.2) is 4.98 Å². The van der Waals surface area contributed by atoms with Crippen molar-refractivity contribution in [3.8, 4) is 0 Å². The molecule has 1 aromatic heterocycles. The molecule has 0 amide bonds. The zero-order valence-electron chi connectivity index (χ0n) is 9.29. The highest BCUT2D eigenvalue weighted by atomic mass is 16.5. The molecule has 0 radical (unpaired) electrons. The molecule has 1 fully saturated rings. The zero-order valence-corrected chi connectivity index (χ0v) is 9.29. The minimum atomic E-state index is 0.391. The van der Waals surface area contributed by atoms with Gasteiger partial charge in [0.15, 0.2) is 5.82 Å². The fraction of sp³-hybridized carbons (Fsp3) is 0.700. The molecule has 5 heteroatoms. The Bertz CT molecular complexity index is 328. The molecule has 2 heterocycles. The van der Waals surface area contributed by atoms with Gasteiger partial charge in [0.1, 0.15) is 11.6 Å². The Morgan fingerprint density at radius 2 is 2.13 bits per heavy atom. The lowest BCUT2D eigenvalue weighted by Crippen LogP contribution is -2.37. The highest BCUT2D eigenvalue weighted by molar-refractivity contribution is 5.59. The molecule has 1 aliphatic heterocycles. The molecule has 1 aliphatic rings. The van der Waals surface area contributed by atoms with Gasteiger partial charge in [-0.1, -0.05) is 0 Å². The second kappa shape index (κ2) is 4.10. The molecule has 84 valence electrons. The van der Waals surface area contributed by atoms with E-state index in [1.54, 1.807) is 7.11 Å². The van der Waals surface area contributed by atoms with Crippen LogP contribution in [0.5, 0.6) is 0 Å². The van der Waals surface area contributed by atoms with Crippen LogP contribution in [0.15, 0.2) is 0 Å². The van der Waals surface area contributed by atoms with Crippen LogP contribution < -0.4 is 10.6 Å². The molecule has 0 unspecified atom stereocenters. The minimum absolute atomic E-state index is 0.391. The van der Waals surface area contributed by atoms with Crippen LogP contribution in [0.2, 0.25) is 0 Å². The van der Waals surface area contributed by atoms with Gasteiger partial charge in [0, 0.05) is 20.2 Å². The summed E-state index contributed by atoms with van der Waals surface area (Å²) in [7, 11) is 1.77. The van der Waals surface area contributed by atoms with E-state index in [0.29, 0.717) is 11.9 Å². The predicted octanol–water partition coefficient (Wildman–Crippen LogP) is 0.916. The number of piperidine rings is 1. The molecule has 1 aromatic rings. The smallest absolute Gasteiger partial charge is 0.171 e. The number of imidazole rings is 1. The Kier molecular flexibility index (Phi) is 2.81. The Morgan fingerprint density at radius 3 is 2.60 bits per heavy atom. The number of ether oxygens (including phenoxy) is 1. The topological polar surface area (TPSA) is 67.2 Å². The first-order chi connectivity index (χ1) is 7.20. The molecule has 5 nitrogen and oxygen atoms in total. The maximum Gasteiger partial charge on any atom is 0.171 e. The van der Waals surface area contributed by atoms with E-state index in [1.807, 2.05) is 6.92 Å². The number of nitrogens with two attached hydrogens (primary N) is 1. The molecule has 1 saturated heterocycles. The number of H-pyrrole nitrogens is 1. The second-order valence-electron chi connectivity index (χ2n) is 3.98. The molecule has 0 spiro atoms. The highest BCUT2D eigenvalue weighted by Crippen LogP contribution is 2.24.